The van der Waals surface area contributed by atoms with E-state index in [-0.39, 0.29) is 30.3 Å². The number of carbonyl (C=O) groups is 3. The Labute approximate surface area is 193 Å². The van der Waals surface area contributed by atoms with Gasteiger partial charge in [0.15, 0.2) is 0 Å². The third-order valence-electron chi connectivity index (χ3n) is 5.98. The van der Waals surface area contributed by atoms with Crippen molar-refractivity contribution in [2.45, 2.75) is 19.0 Å². The number of nitrogens with zero attached hydrogens (tertiary/aromatic N) is 2. The van der Waals surface area contributed by atoms with Gasteiger partial charge in [0.1, 0.15) is 0 Å². The third-order valence-corrected chi connectivity index (χ3v) is 5.98. The van der Waals surface area contributed by atoms with Crippen LogP contribution < -0.4 is 5.32 Å². The van der Waals surface area contributed by atoms with Crippen LogP contribution in [0.25, 0.3) is 0 Å². The number of amides is 3. The van der Waals surface area contributed by atoms with Gasteiger partial charge >= 0.3 is 0 Å². The molecule has 3 aromatic carbocycles. The van der Waals surface area contributed by atoms with Gasteiger partial charge in [-0.05, 0) is 55.9 Å². The van der Waals surface area contributed by atoms with Gasteiger partial charge in [-0.1, -0.05) is 54.6 Å². The highest BCUT2D eigenvalue weighted by Gasteiger charge is 2.34. The molecule has 0 saturated heterocycles. The molecule has 1 atom stereocenters. The molecule has 0 spiro atoms. The Morgan fingerprint density at radius 3 is 1.97 bits per heavy atom. The average Bonchev–Trinajstić information content (AvgIpc) is 3.07. The lowest BCUT2D eigenvalue weighted by atomic mass is 10.0. The number of benzene rings is 3. The molecule has 1 unspecified atom stereocenters. The van der Waals surface area contributed by atoms with Gasteiger partial charge in [0.05, 0.1) is 17.7 Å². The summed E-state index contributed by atoms with van der Waals surface area (Å²) in [7, 11) is 4.02. The number of likely N-dealkylation sites (N-methyl/N-ethyl adjacent to an activating group) is 1. The van der Waals surface area contributed by atoms with Gasteiger partial charge in [-0.25, -0.2) is 0 Å². The van der Waals surface area contributed by atoms with Crippen LogP contribution in [0.4, 0.5) is 0 Å². The molecule has 168 valence electrons. The summed E-state index contributed by atoms with van der Waals surface area (Å²) < 4.78 is 0. The fourth-order valence-electron chi connectivity index (χ4n) is 3.96. The molecule has 33 heavy (non-hydrogen) atoms. The van der Waals surface area contributed by atoms with Gasteiger partial charge < -0.3 is 10.2 Å². The molecule has 0 bridgehead atoms. The maximum absolute atomic E-state index is 12.7. The van der Waals surface area contributed by atoms with Crippen molar-refractivity contribution in [2.24, 2.45) is 0 Å². The number of fused-ring (bicyclic) bond motifs is 1. The molecule has 0 fully saturated rings. The summed E-state index contributed by atoms with van der Waals surface area (Å²) in [6.45, 7) is 0.700. The van der Waals surface area contributed by atoms with Crippen LogP contribution in [0.1, 0.15) is 42.2 Å². The molecule has 1 heterocycles. The van der Waals surface area contributed by atoms with Crippen molar-refractivity contribution >= 4 is 17.7 Å². The highest BCUT2D eigenvalue weighted by Crippen LogP contribution is 2.24. The van der Waals surface area contributed by atoms with E-state index in [0.29, 0.717) is 23.2 Å². The number of imide groups is 1. The molecular formula is C27H27N3O3. The van der Waals surface area contributed by atoms with Crippen molar-refractivity contribution in [3.63, 3.8) is 0 Å². The smallest absolute Gasteiger partial charge is 0.261 e. The quantitative estimate of drug-likeness (QED) is 0.544. The van der Waals surface area contributed by atoms with E-state index in [4.69, 9.17) is 0 Å². The Balaban J connectivity index is 1.35. The standard InChI is InChI=1S/C27H27N3O3/c1-29(2)22(16-19-8-4-3-5-9-19)17-28-25(31)21-14-12-20(13-15-21)18-30-26(32)23-10-6-7-11-24(23)27(30)33/h3-15,22H,16-18H2,1-2H3,(H,28,31). The summed E-state index contributed by atoms with van der Waals surface area (Å²) in [6.07, 6.45) is 0.841. The van der Waals surface area contributed by atoms with Gasteiger partial charge in [-0.3, -0.25) is 19.3 Å². The summed E-state index contributed by atoms with van der Waals surface area (Å²) >= 11 is 0. The molecule has 0 saturated carbocycles. The largest absolute Gasteiger partial charge is 0.350 e. The van der Waals surface area contributed by atoms with Gasteiger partial charge in [-0.2, -0.15) is 0 Å². The SMILES string of the molecule is CN(C)C(CNC(=O)c1ccc(CN2C(=O)c3ccccc3C2=O)cc1)Cc1ccccc1. The van der Waals surface area contributed by atoms with Crippen LogP contribution in [-0.4, -0.2) is 54.2 Å². The maximum Gasteiger partial charge on any atom is 0.261 e. The maximum atomic E-state index is 12.7. The predicted molar refractivity (Wildman–Crippen MR) is 127 cm³/mol. The van der Waals surface area contributed by atoms with Crippen molar-refractivity contribution < 1.29 is 14.4 Å². The van der Waals surface area contributed by atoms with E-state index in [1.54, 1.807) is 48.5 Å². The van der Waals surface area contributed by atoms with E-state index >= 15 is 0 Å². The van der Waals surface area contributed by atoms with Crippen LogP contribution in [-0.2, 0) is 13.0 Å². The van der Waals surface area contributed by atoms with Crippen LogP contribution in [0.5, 0.6) is 0 Å². The number of hydrogen-bond donors (Lipinski definition) is 1. The lowest BCUT2D eigenvalue weighted by molar-refractivity contribution is 0.0641. The van der Waals surface area contributed by atoms with Gasteiger partial charge in [0.2, 0.25) is 0 Å². The molecule has 1 N–H and O–H groups in total. The Kier molecular flexibility index (Phi) is 6.66. The molecule has 1 aliphatic heterocycles. The zero-order chi connectivity index (χ0) is 23.4. The summed E-state index contributed by atoms with van der Waals surface area (Å²) in [5.74, 6) is -0.724. The highest BCUT2D eigenvalue weighted by molar-refractivity contribution is 6.21. The van der Waals surface area contributed by atoms with Crippen molar-refractivity contribution in [3.05, 3.63) is 107 Å². The predicted octanol–water partition coefficient (Wildman–Crippen LogP) is 3.39. The van der Waals surface area contributed by atoms with Gasteiger partial charge in [-0.15, -0.1) is 0 Å². The second kappa shape index (κ2) is 9.79. The molecule has 1 aliphatic rings. The summed E-state index contributed by atoms with van der Waals surface area (Å²) in [6, 6.07) is 24.2. The van der Waals surface area contributed by atoms with E-state index in [1.165, 1.54) is 10.5 Å². The first-order valence-electron chi connectivity index (χ1n) is 11.0. The molecule has 0 radical (unpaired) electrons. The van der Waals surface area contributed by atoms with E-state index < -0.39 is 0 Å². The number of carbonyl (C=O) groups excluding carboxylic acids is 3. The van der Waals surface area contributed by atoms with E-state index in [1.807, 2.05) is 32.3 Å². The van der Waals surface area contributed by atoms with Crippen LogP contribution in [0, 0.1) is 0 Å². The van der Waals surface area contributed by atoms with E-state index in [0.717, 1.165) is 12.0 Å². The Morgan fingerprint density at radius 2 is 1.39 bits per heavy atom. The second-order valence-corrected chi connectivity index (χ2v) is 8.46. The fraction of sp³-hybridized carbons (Fsp3) is 0.222. The normalized spacial score (nSPS) is 13.8. The first kappa shape index (κ1) is 22.4. The Hall–Kier alpha value is -3.77. The van der Waals surface area contributed by atoms with Crippen LogP contribution in [0.3, 0.4) is 0 Å². The topological polar surface area (TPSA) is 69.7 Å². The van der Waals surface area contributed by atoms with Gasteiger partial charge in [0, 0.05) is 18.2 Å². The lowest BCUT2D eigenvalue weighted by Crippen LogP contribution is -2.41. The molecule has 0 aromatic heterocycles. The van der Waals surface area contributed by atoms with Crippen LogP contribution in [0.15, 0.2) is 78.9 Å². The first-order valence-corrected chi connectivity index (χ1v) is 11.0. The molecule has 6 heteroatoms. The third kappa shape index (κ3) is 5.02. The number of nitrogens with one attached hydrogen (secondary N) is 1. The minimum absolute atomic E-state index is 0.151. The molecule has 6 nitrogen and oxygen atoms in total. The Morgan fingerprint density at radius 1 is 0.818 bits per heavy atom. The van der Waals surface area contributed by atoms with Crippen molar-refractivity contribution in [1.82, 2.24) is 15.1 Å². The molecule has 3 amide bonds. The average molecular weight is 442 g/mol. The van der Waals surface area contributed by atoms with Crippen molar-refractivity contribution in [2.75, 3.05) is 20.6 Å². The minimum Gasteiger partial charge on any atom is -0.350 e. The molecule has 0 aliphatic carbocycles. The van der Waals surface area contributed by atoms with Crippen LogP contribution in [0.2, 0.25) is 0 Å². The zero-order valence-corrected chi connectivity index (χ0v) is 18.8. The fourth-order valence-corrected chi connectivity index (χ4v) is 3.96. The number of hydrogen-bond acceptors (Lipinski definition) is 4. The number of rotatable bonds is 8. The zero-order valence-electron chi connectivity index (χ0n) is 18.8. The van der Waals surface area contributed by atoms with Crippen LogP contribution >= 0.6 is 0 Å². The minimum atomic E-state index is -0.287. The second-order valence-electron chi connectivity index (χ2n) is 8.46. The first-order chi connectivity index (χ1) is 15.9. The summed E-state index contributed by atoms with van der Waals surface area (Å²) in [5.41, 5.74) is 3.42. The molecular weight excluding hydrogens is 414 g/mol. The van der Waals surface area contributed by atoms with Crippen molar-refractivity contribution in [3.8, 4) is 0 Å². The molecule has 3 aromatic rings. The summed E-state index contributed by atoms with van der Waals surface area (Å²) in [4.78, 5) is 41.2. The summed E-state index contributed by atoms with van der Waals surface area (Å²) in [5, 5.41) is 3.02. The Bertz CT molecular complexity index is 1120. The van der Waals surface area contributed by atoms with Gasteiger partial charge in [0.25, 0.3) is 17.7 Å². The monoisotopic (exact) mass is 441 g/mol. The van der Waals surface area contributed by atoms with Crippen molar-refractivity contribution in [1.29, 1.82) is 0 Å². The van der Waals surface area contributed by atoms with E-state index in [2.05, 4.69) is 22.3 Å². The lowest BCUT2D eigenvalue weighted by Gasteiger charge is -2.25. The highest BCUT2D eigenvalue weighted by atomic mass is 16.2. The molecule has 4 rings (SSSR count). The van der Waals surface area contributed by atoms with E-state index in [9.17, 15) is 14.4 Å².